The zero-order valence-corrected chi connectivity index (χ0v) is 10.2. The van der Waals surface area contributed by atoms with Crippen LogP contribution in [-0.4, -0.2) is 40.0 Å². The second-order valence-electron chi connectivity index (χ2n) is 3.38. The molecule has 0 aliphatic rings. The third kappa shape index (κ3) is 4.44. The maximum atomic E-state index is 11.7. The van der Waals surface area contributed by atoms with Crippen molar-refractivity contribution in [1.82, 2.24) is 10.3 Å². The predicted molar refractivity (Wildman–Crippen MR) is 66.1 cm³/mol. The summed E-state index contributed by atoms with van der Waals surface area (Å²) >= 11 is 1.55. The van der Waals surface area contributed by atoms with E-state index < -0.39 is 12.0 Å². The number of carbonyl (C=O) groups is 2. The lowest BCUT2D eigenvalue weighted by molar-refractivity contribution is -0.139. The molecule has 0 aliphatic carbocycles. The van der Waals surface area contributed by atoms with E-state index in [9.17, 15) is 9.59 Å². The maximum Gasteiger partial charge on any atom is 0.326 e. The molecule has 1 heterocycles. The van der Waals surface area contributed by atoms with E-state index in [-0.39, 0.29) is 5.91 Å². The van der Waals surface area contributed by atoms with Gasteiger partial charge in [-0.05, 0) is 30.6 Å². The van der Waals surface area contributed by atoms with Crippen LogP contribution in [0.4, 0.5) is 0 Å². The highest BCUT2D eigenvalue weighted by atomic mass is 32.2. The molecule has 0 radical (unpaired) electrons. The molecule has 0 spiro atoms. The molecular formula is C11H14N2O3S. The molecule has 1 aromatic heterocycles. The number of carbonyl (C=O) groups excluding carboxylic acids is 1. The summed E-state index contributed by atoms with van der Waals surface area (Å²) in [7, 11) is 0. The molecule has 1 amide bonds. The number of rotatable bonds is 6. The zero-order valence-electron chi connectivity index (χ0n) is 9.42. The number of aromatic nitrogens is 1. The van der Waals surface area contributed by atoms with Gasteiger partial charge >= 0.3 is 5.97 Å². The van der Waals surface area contributed by atoms with Crippen molar-refractivity contribution in [2.75, 3.05) is 12.0 Å². The summed E-state index contributed by atoms with van der Waals surface area (Å²) in [5.41, 5.74) is 0.412. The van der Waals surface area contributed by atoms with Crippen molar-refractivity contribution < 1.29 is 14.7 Å². The number of nitrogens with one attached hydrogen (secondary N) is 1. The number of aliphatic carboxylic acids is 1. The number of thioether (sulfide) groups is 1. The fraction of sp³-hybridized carbons (Fsp3) is 0.364. The van der Waals surface area contributed by atoms with Crippen LogP contribution in [0.5, 0.6) is 0 Å². The Balaban J connectivity index is 2.61. The minimum atomic E-state index is -1.01. The number of nitrogens with zero attached hydrogens (tertiary/aromatic N) is 1. The summed E-state index contributed by atoms with van der Waals surface area (Å²) in [6.07, 6.45) is 5.29. The van der Waals surface area contributed by atoms with Crippen LogP contribution in [0, 0.1) is 0 Å². The van der Waals surface area contributed by atoms with Crippen LogP contribution in [0.3, 0.4) is 0 Å². The third-order valence-electron chi connectivity index (χ3n) is 2.16. The first-order chi connectivity index (χ1) is 8.15. The van der Waals surface area contributed by atoms with E-state index in [0.29, 0.717) is 17.7 Å². The summed E-state index contributed by atoms with van der Waals surface area (Å²) in [5, 5.41) is 11.4. The van der Waals surface area contributed by atoms with Gasteiger partial charge in [-0.15, -0.1) is 0 Å². The quantitative estimate of drug-likeness (QED) is 0.792. The summed E-state index contributed by atoms with van der Waals surface area (Å²) in [6, 6.07) is 2.24. The van der Waals surface area contributed by atoms with Crippen LogP contribution in [-0.2, 0) is 4.79 Å². The maximum absolute atomic E-state index is 11.7. The Hall–Kier alpha value is -1.56. The Kier molecular flexibility index (Phi) is 5.48. The van der Waals surface area contributed by atoms with Gasteiger partial charge in [0.2, 0.25) is 0 Å². The van der Waals surface area contributed by atoms with Crippen molar-refractivity contribution in [2.24, 2.45) is 0 Å². The normalized spacial score (nSPS) is 11.8. The van der Waals surface area contributed by atoms with Crippen molar-refractivity contribution >= 4 is 23.6 Å². The van der Waals surface area contributed by atoms with Crippen LogP contribution >= 0.6 is 11.8 Å². The van der Waals surface area contributed by atoms with E-state index in [2.05, 4.69) is 10.3 Å². The average molecular weight is 254 g/mol. The van der Waals surface area contributed by atoms with Gasteiger partial charge in [0.15, 0.2) is 0 Å². The Bertz CT molecular complexity index is 384. The average Bonchev–Trinajstić information content (AvgIpc) is 2.35. The molecule has 0 aromatic carbocycles. The molecule has 1 unspecified atom stereocenters. The molecule has 1 rings (SSSR count). The van der Waals surface area contributed by atoms with E-state index in [1.807, 2.05) is 6.26 Å². The number of carboxylic acids is 1. The first-order valence-corrected chi connectivity index (χ1v) is 6.47. The van der Waals surface area contributed by atoms with E-state index in [4.69, 9.17) is 5.11 Å². The Labute approximate surface area is 104 Å². The minimum absolute atomic E-state index is 0.388. The number of carboxylic acid groups (broad SMARTS) is 1. The smallest absolute Gasteiger partial charge is 0.326 e. The fourth-order valence-corrected chi connectivity index (χ4v) is 1.71. The van der Waals surface area contributed by atoms with Crippen LogP contribution in [0.15, 0.2) is 24.5 Å². The molecular weight excluding hydrogens is 240 g/mol. The van der Waals surface area contributed by atoms with E-state index in [1.54, 1.807) is 23.9 Å². The largest absolute Gasteiger partial charge is 0.480 e. The van der Waals surface area contributed by atoms with Crippen molar-refractivity contribution in [3.63, 3.8) is 0 Å². The highest BCUT2D eigenvalue weighted by Crippen LogP contribution is 2.03. The van der Waals surface area contributed by atoms with Gasteiger partial charge in [-0.3, -0.25) is 9.78 Å². The molecule has 92 valence electrons. The summed E-state index contributed by atoms with van der Waals surface area (Å²) in [6.45, 7) is 0. The van der Waals surface area contributed by atoms with Crippen LogP contribution < -0.4 is 5.32 Å². The molecule has 6 heteroatoms. The predicted octanol–water partition coefficient (Wildman–Crippen LogP) is 1.02. The highest BCUT2D eigenvalue weighted by molar-refractivity contribution is 7.98. The van der Waals surface area contributed by atoms with Crippen LogP contribution in [0.1, 0.15) is 16.8 Å². The monoisotopic (exact) mass is 254 g/mol. The lowest BCUT2D eigenvalue weighted by Gasteiger charge is -2.13. The molecule has 2 N–H and O–H groups in total. The standard InChI is InChI=1S/C11H14N2O3S/c1-17-7-4-9(11(15)16)13-10(14)8-2-5-12-6-3-8/h2-3,5-6,9H,4,7H2,1H3,(H,13,14)(H,15,16). The van der Waals surface area contributed by atoms with E-state index >= 15 is 0 Å². The van der Waals surface area contributed by atoms with Crippen LogP contribution in [0.2, 0.25) is 0 Å². The molecule has 17 heavy (non-hydrogen) atoms. The summed E-state index contributed by atoms with van der Waals surface area (Å²) < 4.78 is 0. The molecule has 0 saturated heterocycles. The zero-order chi connectivity index (χ0) is 12.7. The molecule has 0 saturated carbocycles. The minimum Gasteiger partial charge on any atom is -0.480 e. The number of amides is 1. The van der Waals surface area contributed by atoms with Gasteiger partial charge in [0.05, 0.1) is 0 Å². The molecule has 1 atom stereocenters. The Morgan fingerprint density at radius 1 is 1.47 bits per heavy atom. The number of hydrogen-bond donors (Lipinski definition) is 2. The van der Waals surface area contributed by atoms with E-state index in [1.165, 1.54) is 12.4 Å². The van der Waals surface area contributed by atoms with Gasteiger partial charge in [-0.1, -0.05) is 0 Å². The van der Waals surface area contributed by atoms with Gasteiger partial charge in [0.25, 0.3) is 5.91 Å². The molecule has 0 bridgehead atoms. The van der Waals surface area contributed by atoms with Crippen molar-refractivity contribution in [3.8, 4) is 0 Å². The van der Waals surface area contributed by atoms with Crippen molar-refractivity contribution in [2.45, 2.75) is 12.5 Å². The van der Waals surface area contributed by atoms with Gasteiger partial charge in [-0.25, -0.2) is 4.79 Å². The van der Waals surface area contributed by atoms with E-state index in [0.717, 1.165) is 0 Å². The second kappa shape index (κ2) is 6.90. The molecule has 0 fully saturated rings. The SMILES string of the molecule is CSCCC(NC(=O)c1ccncc1)C(=O)O. The molecule has 0 aliphatic heterocycles. The topological polar surface area (TPSA) is 79.3 Å². The second-order valence-corrected chi connectivity index (χ2v) is 4.37. The lowest BCUT2D eigenvalue weighted by Crippen LogP contribution is -2.41. The van der Waals surface area contributed by atoms with Gasteiger partial charge in [0, 0.05) is 18.0 Å². The van der Waals surface area contributed by atoms with Gasteiger partial charge in [0.1, 0.15) is 6.04 Å². The first-order valence-electron chi connectivity index (χ1n) is 5.07. The lowest BCUT2D eigenvalue weighted by atomic mass is 10.2. The Morgan fingerprint density at radius 2 is 2.12 bits per heavy atom. The molecule has 1 aromatic rings. The first kappa shape index (κ1) is 13.5. The van der Waals surface area contributed by atoms with Crippen molar-refractivity contribution in [3.05, 3.63) is 30.1 Å². The summed E-state index contributed by atoms with van der Waals surface area (Å²) in [5.74, 6) is -0.713. The van der Waals surface area contributed by atoms with Gasteiger partial charge < -0.3 is 10.4 Å². The Morgan fingerprint density at radius 3 is 2.65 bits per heavy atom. The van der Waals surface area contributed by atoms with Crippen LogP contribution in [0.25, 0.3) is 0 Å². The highest BCUT2D eigenvalue weighted by Gasteiger charge is 2.19. The molecule has 5 nitrogen and oxygen atoms in total. The number of hydrogen-bond acceptors (Lipinski definition) is 4. The van der Waals surface area contributed by atoms with Crippen molar-refractivity contribution in [1.29, 1.82) is 0 Å². The third-order valence-corrected chi connectivity index (χ3v) is 2.80. The summed E-state index contributed by atoms with van der Waals surface area (Å²) in [4.78, 5) is 26.4. The fourth-order valence-electron chi connectivity index (χ4n) is 1.24. The van der Waals surface area contributed by atoms with Gasteiger partial charge in [-0.2, -0.15) is 11.8 Å². The number of pyridine rings is 1.